The Bertz CT molecular complexity index is 676. The number of guanidine groups is 1. The zero-order valence-electron chi connectivity index (χ0n) is 18.5. The van der Waals surface area contributed by atoms with Crippen LogP contribution < -0.4 is 25.4 Å². The van der Waals surface area contributed by atoms with Gasteiger partial charge in [-0.25, -0.2) is 4.99 Å². The van der Waals surface area contributed by atoms with Crippen LogP contribution >= 0.6 is 0 Å². The maximum absolute atomic E-state index is 11.9. The zero-order chi connectivity index (χ0) is 21.8. The molecule has 1 aromatic carbocycles. The van der Waals surface area contributed by atoms with Crippen LogP contribution in [0.5, 0.6) is 11.5 Å². The SMILES string of the molecule is CCNC(=NCC(=O)NCCOC)NC1CCN(Cc2cc(OC)cc(OC)c2)C1. The van der Waals surface area contributed by atoms with Gasteiger partial charge < -0.3 is 30.2 Å². The van der Waals surface area contributed by atoms with Crippen molar-refractivity contribution in [3.05, 3.63) is 23.8 Å². The van der Waals surface area contributed by atoms with Gasteiger partial charge in [-0.1, -0.05) is 0 Å². The molecule has 0 saturated carbocycles. The first kappa shape index (κ1) is 23.8. The predicted molar refractivity (Wildman–Crippen MR) is 117 cm³/mol. The van der Waals surface area contributed by atoms with Gasteiger partial charge in [0.2, 0.25) is 5.91 Å². The van der Waals surface area contributed by atoms with Gasteiger partial charge in [0.25, 0.3) is 0 Å². The molecule has 0 radical (unpaired) electrons. The summed E-state index contributed by atoms with van der Waals surface area (Å²) in [5.41, 5.74) is 1.15. The van der Waals surface area contributed by atoms with Crippen LogP contribution in [0.25, 0.3) is 0 Å². The Morgan fingerprint density at radius 3 is 2.53 bits per heavy atom. The van der Waals surface area contributed by atoms with Gasteiger partial charge in [-0.15, -0.1) is 0 Å². The molecule has 0 aromatic heterocycles. The topological polar surface area (TPSA) is 96.5 Å². The number of carbonyl (C=O) groups is 1. The fourth-order valence-corrected chi connectivity index (χ4v) is 3.32. The smallest absolute Gasteiger partial charge is 0.241 e. The molecule has 9 heteroatoms. The third kappa shape index (κ3) is 8.08. The van der Waals surface area contributed by atoms with Crippen molar-refractivity contribution in [2.75, 3.05) is 60.7 Å². The molecule has 2 rings (SSSR count). The van der Waals surface area contributed by atoms with E-state index in [0.717, 1.165) is 49.7 Å². The normalized spacial score (nSPS) is 16.9. The molecule has 30 heavy (non-hydrogen) atoms. The number of aliphatic imine (C=N–C) groups is 1. The molecule has 1 atom stereocenters. The van der Waals surface area contributed by atoms with E-state index in [4.69, 9.17) is 14.2 Å². The van der Waals surface area contributed by atoms with Gasteiger partial charge in [0, 0.05) is 51.9 Å². The molecule has 1 unspecified atom stereocenters. The van der Waals surface area contributed by atoms with E-state index in [1.54, 1.807) is 21.3 Å². The molecule has 1 saturated heterocycles. The Kier molecular flexibility index (Phi) is 10.2. The largest absolute Gasteiger partial charge is 0.497 e. The molecule has 0 spiro atoms. The lowest BCUT2D eigenvalue weighted by molar-refractivity contribution is -0.119. The first-order valence-corrected chi connectivity index (χ1v) is 10.3. The highest BCUT2D eigenvalue weighted by molar-refractivity contribution is 5.85. The molecule has 0 aliphatic carbocycles. The number of hydrogen-bond acceptors (Lipinski definition) is 6. The standard InChI is InChI=1S/C21H35N5O4/c1-5-22-21(24-13-20(27)23-7-9-28-2)25-17-6-8-26(15-17)14-16-10-18(29-3)12-19(11-16)30-4/h10-12,17H,5-9,13-15H2,1-4H3,(H,23,27)(H2,22,24,25). The monoisotopic (exact) mass is 421 g/mol. The second-order valence-electron chi connectivity index (χ2n) is 7.12. The minimum atomic E-state index is -0.121. The quantitative estimate of drug-likeness (QED) is 0.273. The minimum Gasteiger partial charge on any atom is -0.497 e. The summed E-state index contributed by atoms with van der Waals surface area (Å²) in [6, 6.07) is 6.23. The van der Waals surface area contributed by atoms with E-state index < -0.39 is 0 Å². The molecular formula is C21H35N5O4. The van der Waals surface area contributed by atoms with Crippen LogP contribution in [0, 0.1) is 0 Å². The molecule has 1 fully saturated rings. The first-order valence-electron chi connectivity index (χ1n) is 10.3. The number of nitrogens with zero attached hydrogens (tertiary/aromatic N) is 2. The van der Waals surface area contributed by atoms with Gasteiger partial charge >= 0.3 is 0 Å². The highest BCUT2D eigenvalue weighted by Gasteiger charge is 2.23. The maximum Gasteiger partial charge on any atom is 0.241 e. The summed E-state index contributed by atoms with van der Waals surface area (Å²) in [6.07, 6.45) is 1.01. The van der Waals surface area contributed by atoms with Crippen LogP contribution in [0.2, 0.25) is 0 Å². The average Bonchev–Trinajstić information content (AvgIpc) is 3.18. The number of ether oxygens (including phenoxy) is 3. The van der Waals surface area contributed by atoms with E-state index in [2.05, 4.69) is 25.8 Å². The molecule has 168 valence electrons. The lowest BCUT2D eigenvalue weighted by Gasteiger charge is -2.19. The third-order valence-electron chi connectivity index (χ3n) is 4.78. The van der Waals surface area contributed by atoms with Crippen LogP contribution in [0.3, 0.4) is 0 Å². The molecule has 0 bridgehead atoms. The summed E-state index contributed by atoms with van der Waals surface area (Å²) in [6.45, 7) is 6.49. The summed E-state index contributed by atoms with van der Waals surface area (Å²) in [4.78, 5) is 18.6. The molecule has 1 amide bonds. The summed E-state index contributed by atoms with van der Waals surface area (Å²) in [5, 5.41) is 9.43. The molecule has 9 nitrogen and oxygen atoms in total. The Morgan fingerprint density at radius 2 is 1.90 bits per heavy atom. The van der Waals surface area contributed by atoms with Crippen LogP contribution in [-0.2, 0) is 16.1 Å². The summed E-state index contributed by atoms with van der Waals surface area (Å²) in [7, 11) is 4.93. The van der Waals surface area contributed by atoms with Crippen molar-refractivity contribution in [1.82, 2.24) is 20.9 Å². The Hall–Kier alpha value is -2.52. The highest BCUT2D eigenvalue weighted by Crippen LogP contribution is 2.24. The van der Waals surface area contributed by atoms with E-state index in [-0.39, 0.29) is 18.5 Å². The number of carbonyl (C=O) groups excluding carboxylic acids is 1. The second-order valence-corrected chi connectivity index (χ2v) is 7.12. The van der Waals surface area contributed by atoms with E-state index in [1.165, 1.54) is 0 Å². The van der Waals surface area contributed by atoms with Crippen LogP contribution in [0.1, 0.15) is 18.9 Å². The van der Waals surface area contributed by atoms with Crippen LogP contribution in [-0.4, -0.2) is 83.5 Å². The molecule has 1 heterocycles. The van der Waals surface area contributed by atoms with Crippen molar-refractivity contribution in [2.45, 2.75) is 25.9 Å². The average molecular weight is 422 g/mol. The molecule has 1 aliphatic rings. The van der Waals surface area contributed by atoms with E-state index in [0.29, 0.717) is 19.1 Å². The van der Waals surface area contributed by atoms with E-state index in [9.17, 15) is 4.79 Å². The number of nitrogens with one attached hydrogen (secondary N) is 3. The number of hydrogen-bond donors (Lipinski definition) is 3. The number of rotatable bonds is 11. The van der Waals surface area contributed by atoms with Gasteiger partial charge in [-0.05, 0) is 31.0 Å². The van der Waals surface area contributed by atoms with Gasteiger partial charge in [-0.2, -0.15) is 0 Å². The third-order valence-corrected chi connectivity index (χ3v) is 4.78. The molecular weight excluding hydrogens is 386 g/mol. The van der Waals surface area contributed by atoms with Crippen molar-refractivity contribution in [3.8, 4) is 11.5 Å². The van der Waals surface area contributed by atoms with Crippen molar-refractivity contribution in [3.63, 3.8) is 0 Å². The first-order chi connectivity index (χ1) is 14.6. The van der Waals surface area contributed by atoms with Crippen LogP contribution in [0.15, 0.2) is 23.2 Å². The van der Waals surface area contributed by atoms with Gasteiger partial charge in [0.05, 0.1) is 20.8 Å². The fourth-order valence-electron chi connectivity index (χ4n) is 3.32. The molecule has 3 N–H and O–H groups in total. The van der Waals surface area contributed by atoms with E-state index in [1.807, 2.05) is 25.1 Å². The van der Waals surface area contributed by atoms with Crippen LogP contribution in [0.4, 0.5) is 0 Å². The second kappa shape index (κ2) is 12.9. The summed E-state index contributed by atoms with van der Waals surface area (Å²) in [5.74, 6) is 2.13. The number of likely N-dealkylation sites (tertiary alicyclic amines) is 1. The van der Waals surface area contributed by atoms with Crippen molar-refractivity contribution >= 4 is 11.9 Å². The zero-order valence-corrected chi connectivity index (χ0v) is 18.5. The summed E-state index contributed by atoms with van der Waals surface area (Å²) < 4.78 is 15.7. The Labute approximate surface area is 179 Å². The van der Waals surface area contributed by atoms with Crippen molar-refractivity contribution in [2.24, 2.45) is 4.99 Å². The highest BCUT2D eigenvalue weighted by atomic mass is 16.5. The summed E-state index contributed by atoms with van der Waals surface area (Å²) >= 11 is 0. The number of amides is 1. The molecule has 1 aromatic rings. The molecule has 1 aliphatic heterocycles. The van der Waals surface area contributed by atoms with E-state index >= 15 is 0 Å². The lowest BCUT2D eigenvalue weighted by atomic mass is 10.2. The van der Waals surface area contributed by atoms with Gasteiger partial charge in [0.1, 0.15) is 18.0 Å². The van der Waals surface area contributed by atoms with Crippen molar-refractivity contribution < 1.29 is 19.0 Å². The van der Waals surface area contributed by atoms with Gasteiger partial charge in [0.15, 0.2) is 5.96 Å². The van der Waals surface area contributed by atoms with Gasteiger partial charge in [-0.3, -0.25) is 9.69 Å². The maximum atomic E-state index is 11.9. The number of methoxy groups -OCH3 is 3. The lowest BCUT2D eigenvalue weighted by Crippen LogP contribution is -2.45. The number of benzene rings is 1. The Morgan fingerprint density at radius 1 is 1.17 bits per heavy atom. The minimum absolute atomic E-state index is 0.0824. The fraction of sp³-hybridized carbons (Fsp3) is 0.619. The Balaban J connectivity index is 1.87. The van der Waals surface area contributed by atoms with Crippen molar-refractivity contribution in [1.29, 1.82) is 0 Å². The predicted octanol–water partition coefficient (Wildman–Crippen LogP) is 0.596.